The number of carbonyl (C=O) groups is 9. The zero-order valence-electron chi connectivity index (χ0n) is 25.8. The van der Waals surface area contributed by atoms with Gasteiger partial charge in [-0.05, 0) is 62.3 Å². The zero-order valence-corrected chi connectivity index (χ0v) is 32.2. The number of aliphatic carboxylic acids is 9. The molecule has 0 aromatic heterocycles. The van der Waals surface area contributed by atoms with Crippen molar-refractivity contribution < 1.29 is 187 Å². The molecule has 0 unspecified atom stereocenters. The van der Waals surface area contributed by atoms with Crippen LogP contribution >= 0.6 is 0 Å². The van der Waals surface area contributed by atoms with Crippen molar-refractivity contribution in [1.82, 2.24) is 0 Å². The van der Waals surface area contributed by atoms with Gasteiger partial charge < -0.3 is 101 Å². The van der Waals surface area contributed by atoms with E-state index in [1.807, 2.05) is 0 Å². The van der Waals surface area contributed by atoms with Gasteiger partial charge in [0.2, 0.25) is 0 Å². The van der Waals surface area contributed by atoms with Gasteiger partial charge in [-0.1, -0.05) is 0 Å². The molecule has 0 aliphatic carbocycles. The summed E-state index contributed by atoms with van der Waals surface area (Å²) in [5.41, 5.74) is 9.81. The van der Waals surface area contributed by atoms with Gasteiger partial charge >= 0.3 is 97.8 Å². The molecule has 0 aliphatic rings. The van der Waals surface area contributed by atoms with Crippen LogP contribution in [0.5, 0.6) is 0 Å². The van der Waals surface area contributed by atoms with Crippen molar-refractivity contribution in [3.63, 3.8) is 0 Å². The van der Waals surface area contributed by atoms with Gasteiger partial charge in [0.05, 0.1) is 0 Å². The van der Waals surface area contributed by atoms with E-state index in [1.165, 1.54) is 0 Å². The van der Waals surface area contributed by atoms with Crippen LogP contribution in [-0.2, 0) is 111 Å². The molecular weight excluding hydrogens is 803 g/mol. The van der Waals surface area contributed by atoms with Gasteiger partial charge in [-0.25, -0.2) is 0 Å². The maximum atomic E-state index is 8.89. The summed E-state index contributed by atoms with van der Waals surface area (Å²) < 4.78 is 0. The van der Waals surface area contributed by atoms with Gasteiger partial charge in [0.25, 0.3) is 0 Å². The Morgan fingerprint density at radius 3 is 0.333 bits per heavy atom. The Morgan fingerprint density at radius 1 is 0.311 bits per heavy atom. The van der Waals surface area contributed by atoms with E-state index in [0.717, 1.165) is 62.3 Å². The molecule has 0 saturated carbocycles. The van der Waals surface area contributed by atoms with E-state index in [0.29, 0.717) is 13.1 Å². The van der Waals surface area contributed by atoms with E-state index in [4.69, 9.17) is 101 Å². The number of carboxylic acids is 9. The van der Waals surface area contributed by atoms with Crippen LogP contribution in [0.2, 0.25) is 0 Å². The van der Waals surface area contributed by atoms with Gasteiger partial charge in [-0.3, -0.25) is 0 Å². The van der Waals surface area contributed by atoms with E-state index in [1.54, 1.807) is 0 Å². The molecule has 25 heteroatoms. The fraction of sp³-hybridized carbons (Fsp3) is 0.550. The second-order valence-electron chi connectivity index (χ2n) is 5.00. The third kappa shape index (κ3) is 115000. The molecule has 0 saturated heterocycles. The molecule has 0 aromatic carbocycles. The summed E-state index contributed by atoms with van der Waals surface area (Å²) in [6.45, 7) is 9.94. The fourth-order valence-electron chi connectivity index (χ4n) is 0. The second kappa shape index (κ2) is 96.8. The number of nitrogens with two attached hydrogens (primary N) is 2. The smallest absolute Gasteiger partial charge is 0.550 e. The van der Waals surface area contributed by atoms with Crippen molar-refractivity contribution in [3.05, 3.63) is 0 Å². The van der Waals surface area contributed by atoms with Crippen molar-refractivity contribution in [3.8, 4) is 0 Å². The molecule has 4 N–H and O–H groups in total. The summed E-state index contributed by atoms with van der Waals surface area (Å²) in [5.74, 6) is -9.75. The quantitative estimate of drug-likeness (QED) is 0.231. The monoisotopic (exact) mass is 838 g/mol. The molecule has 0 aromatic rings. The average Bonchev–Trinajstić information content (AvgIpc) is 2.56. The minimum atomic E-state index is -1.08. The Balaban J connectivity index is -0.0000000169. The normalized spacial score (nSPS) is 5.67. The minimum Gasteiger partial charge on any atom is -0.550 e. The van der Waals surface area contributed by atoms with Gasteiger partial charge in [0.15, 0.2) is 0 Å². The topological polar surface area (TPSA) is 413 Å². The summed E-state index contributed by atoms with van der Waals surface area (Å²) in [5, 5.41) is 80.0. The summed E-state index contributed by atoms with van der Waals surface area (Å²) >= 11 is 0. The Morgan fingerprint density at radius 2 is 0.333 bits per heavy atom. The van der Waals surface area contributed by atoms with Crippen molar-refractivity contribution in [2.24, 2.45) is 11.5 Å². The van der Waals surface area contributed by atoms with Crippen molar-refractivity contribution in [2.45, 2.75) is 62.3 Å². The Kier molecular flexibility index (Phi) is 208. The van der Waals surface area contributed by atoms with Crippen molar-refractivity contribution in [2.75, 3.05) is 13.1 Å². The van der Waals surface area contributed by atoms with Crippen LogP contribution in [0.3, 0.4) is 0 Å². The molecule has 0 atom stereocenters. The maximum absolute atomic E-state index is 8.89. The molecular formula is C20H35Fe4N2NaO18. The molecule has 0 bridgehead atoms. The number of carboxylic acid groups (broad SMARTS) is 9. The molecule has 266 valence electrons. The molecule has 0 rings (SSSR count). The van der Waals surface area contributed by atoms with Gasteiger partial charge in [0, 0.05) is 66.8 Å². The first-order valence-electron chi connectivity index (χ1n) is 9.49. The predicted molar refractivity (Wildman–Crippen MR) is 114 cm³/mol. The van der Waals surface area contributed by atoms with E-state index in [-0.39, 0.29) is 97.8 Å². The third-order valence-electron chi connectivity index (χ3n) is 0.167. The maximum Gasteiger partial charge on any atom is 2.00 e. The molecule has 0 fully saturated rings. The van der Waals surface area contributed by atoms with Crippen LogP contribution in [-0.4, -0.2) is 66.8 Å². The van der Waals surface area contributed by atoms with Crippen molar-refractivity contribution in [1.29, 1.82) is 0 Å². The number of hydrogen-bond donors (Lipinski definition) is 2. The van der Waals surface area contributed by atoms with Crippen LogP contribution in [0.1, 0.15) is 62.3 Å². The molecule has 0 spiro atoms. The van der Waals surface area contributed by atoms with Gasteiger partial charge in [-0.2, -0.15) is 0 Å². The van der Waals surface area contributed by atoms with Crippen LogP contribution in [0, 0.1) is 0 Å². The first-order chi connectivity index (χ1) is 17.5. The van der Waals surface area contributed by atoms with Crippen LogP contribution in [0.25, 0.3) is 0 Å². The number of rotatable bonds is 1. The summed E-state index contributed by atoms with van der Waals surface area (Å²) in [7, 11) is 0. The van der Waals surface area contributed by atoms with Gasteiger partial charge in [-0.15, -0.1) is 0 Å². The molecule has 0 radical (unpaired) electrons. The number of hydrogen-bond acceptors (Lipinski definition) is 20. The Labute approximate surface area is 325 Å². The molecule has 0 amide bonds. The average molecular weight is 838 g/mol. The first kappa shape index (κ1) is 96.7. The molecule has 20 nitrogen and oxygen atoms in total. The fourth-order valence-corrected chi connectivity index (χ4v) is 0. The zero-order chi connectivity index (χ0) is 35.6. The standard InChI is InChI=1S/C2H8N2.9C2H4O2.4Fe.Na/c3-1-2-4;9*1-2(3)4;;;;;/h1-4H2;9*1H3,(H,3,4);;;;;/q;;;;;;;;;;4*+2;+1/p-9. The minimum absolute atomic E-state index is 0. The van der Waals surface area contributed by atoms with E-state index in [2.05, 4.69) is 0 Å². The molecule has 45 heavy (non-hydrogen) atoms. The molecule has 0 aliphatic heterocycles. The molecule has 0 heterocycles. The second-order valence-corrected chi connectivity index (χ2v) is 5.00. The van der Waals surface area contributed by atoms with E-state index in [9.17, 15) is 0 Å². The van der Waals surface area contributed by atoms with Crippen molar-refractivity contribution >= 4 is 53.7 Å². The summed E-state index contributed by atoms with van der Waals surface area (Å²) in [6, 6.07) is 0. The Hall–Kier alpha value is -1.77. The van der Waals surface area contributed by atoms with E-state index < -0.39 is 53.7 Å². The van der Waals surface area contributed by atoms with Crippen LogP contribution in [0.15, 0.2) is 0 Å². The third-order valence-corrected chi connectivity index (χ3v) is 0.167. The number of carbonyl (C=O) groups excluding carboxylic acids is 9. The van der Waals surface area contributed by atoms with E-state index >= 15 is 0 Å². The largest absolute Gasteiger partial charge is 2.00 e. The predicted octanol–water partition coefficient (Wildman–Crippen LogP) is -15.3. The van der Waals surface area contributed by atoms with Crippen LogP contribution in [0.4, 0.5) is 0 Å². The first-order valence-corrected chi connectivity index (χ1v) is 9.49. The summed E-state index contributed by atoms with van der Waals surface area (Å²) in [4.78, 5) is 80.0. The SMILES string of the molecule is CC(=O)[O-].CC(=O)[O-].CC(=O)[O-].CC(=O)[O-].CC(=O)[O-].CC(=O)[O-].CC(=O)[O-].CC(=O)[O-].CC(=O)[O-].NCCN.[Fe+2].[Fe+2].[Fe+2].[Fe+2].[Na+]. The van der Waals surface area contributed by atoms with Crippen LogP contribution < -0.4 is 87.0 Å². The Bertz CT molecular complexity index is 481. The summed E-state index contributed by atoms with van der Waals surface area (Å²) in [6.07, 6.45) is 0. The van der Waals surface area contributed by atoms with Gasteiger partial charge in [0.1, 0.15) is 0 Å².